The molecular weight excluding hydrogens is 228 g/mol. The topological polar surface area (TPSA) is 53.4 Å². The minimum Gasteiger partial charge on any atom is -0.481 e. The number of carbonyl (C=O) groups is 1. The van der Waals surface area contributed by atoms with Crippen LogP contribution in [0.4, 0.5) is 0 Å². The average molecular weight is 250 g/mol. The first-order chi connectivity index (χ1) is 8.50. The largest absolute Gasteiger partial charge is 0.481 e. The number of pyridine rings is 1. The lowest BCUT2D eigenvalue weighted by atomic mass is 10.1. The number of hydrogen-bond acceptors (Lipinski definition) is 3. The second kappa shape index (κ2) is 7.11. The van der Waals surface area contributed by atoms with E-state index >= 15 is 0 Å². The van der Waals surface area contributed by atoms with Gasteiger partial charge in [-0.2, -0.15) is 0 Å². The predicted molar refractivity (Wildman–Crippen MR) is 71.4 cm³/mol. The Morgan fingerprint density at radius 3 is 2.78 bits per heavy atom. The highest BCUT2D eigenvalue weighted by Gasteiger charge is 2.12. The smallest absolute Gasteiger partial charge is 0.303 e. The fraction of sp³-hybridized carbons (Fsp3) is 0.571. The highest BCUT2D eigenvalue weighted by atomic mass is 16.4. The molecule has 18 heavy (non-hydrogen) atoms. The number of rotatable bonds is 7. The minimum absolute atomic E-state index is 0.227. The van der Waals surface area contributed by atoms with Gasteiger partial charge in [0.15, 0.2) is 0 Å². The molecule has 0 saturated heterocycles. The van der Waals surface area contributed by atoms with Crippen LogP contribution in [0, 0.1) is 6.92 Å². The van der Waals surface area contributed by atoms with Gasteiger partial charge in [0.2, 0.25) is 0 Å². The number of carboxylic acid groups (broad SMARTS) is 1. The van der Waals surface area contributed by atoms with Crippen LogP contribution >= 0.6 is 0 Å². The van der Waals surface area contributed by atoms with Crippen molar-refractivity contribution >= 4 is 5.97 Å². The number of aliphatic carboxylic acids is 1. The maximum absolute atomic E-state index is 10.5. The molecule has 1 rings (SSSR count). The molecule has 0 radical (unpaired) electrons. The van der Waals surface area contributed by atoms with Crippen LogP contribution in [-0.4, -0.2) is 33.5 Å². The lowest BCUT2D eigenvalue weighted by Gasteiger charge is -2.26. The van der Waals surface area contributed by atoms with E-state index in [0.717, 1.165) is 18.8 Å². The molecule has 0 saturated carbocycles. The molecular formula is C14H22N2O2. The number of hydrogen-bond donors (Lipinski definition) is 1. The second-order valence-corrected chi connectivity index (χ2v) is 4.83. The number of carboxylic acids is 1. The van der Waals surface area contributed by atoms with Crippen molar-refractivity contribution in [1.29, 1.82) is 0 Å². The zero-order chi connectivity index (χ0) is 13.5. The summed E-state index contributed by atoms with van der Waals surface area (Å²) in [5, 5.41) is 8.67. The van der Waals surface area contributed by atoms with Crippen molar-refractivity contribution in [3.63, 3.8) is 0 Å². The fourth-order valence-electron chi connectivity index (χ4n) is 1.83. The van der Waals surface area contributed by atoms with Crippen molar-refractivity contribution in [1.82, 2.24) is 9.88 Å². The quantitative estimate of drug-likeness (QED) is 0.807. The zero-order valence-corrected chi connectivity index (χ0v) is 11.4. The van der Waals surface area contributed by atoms with Crippen LogP contribution in [0.3, 0.4) is 0 Å². The molecule has 1 aromatic rings. The molecule has 0 aliphatic heterocycles. The fourth-order valence-corrected chi connectivity index (χ4v) is 1.83. The van der Waals surface area contributed by atoms with Crippen molar-refractivity contribution in [3.05, 3.63) is 29.6 Å². The second-order valence-electron chi connectivity index (χ2n) is 4.83. The summed E-state index contributed by atoms with van der Waals surface area (Å²) in [7, 11) is 0. The molecule has 0 aliphatic rings. The van der Waals surface area contributed by atoms with E-state index in [-0.39, 0.29) is 6.42 Å². The SMILES string of the molecule is Cc1cccnc1CN(CCCC(=O)O)C(C)C. The van der Waals surface area contributed by atoms with E-state index in [9.17, 15) is 4.79 Å². The molecule has 1 heterocycles. The Labute approximate surface area is 109 Å². The van der Waals surface area contributed by atoms with Gasteiger partial charge in [0.05, 0.1) is 5.69 Å². The molecule has 0 fully saturated rings. The summed E-state index contributed by atoms with van der Waals surface area (Å²) in [6.07, 6.45) is 2.71. The molecule has 4 heteroatoms. The summed E-state index contributed by atoms with van der Waals surface area (Å²) < 4.78 is 0. The van der Waals surface area contributed by atoms with Crippen LogP contribution in [0.25, 0.3) is 0 Å². The molecule has 0 atom stereocenters. The summed E-state index contributed by atoms with van der Waals surface area (Å²) in [4.78, 5) is 17.2. The Bertz CT molecular complexity index is 391. The number of aromatic nitrogens is 1. The van der Waals surface area contributed by atoms with Crippen molar-refractivity contribution in [3.8, 4) is 0 Å². The third-order valence-corrected chi connectivity index (χ3v) is 3.04. The van der Waals surface area contributed by atoms with Gasteiger partial charge < -0.3 is 5.11 Å². The van der Waals surface area contributed by atoms with Gasteiger partial charge >= 0.3 is 5.97 Å². The monoisotopic (exact) mass is 250 g/mol. The van der Waals surface area contributed by atoms with Crippen LogP contribution in [0.5, 0.6) is 0 Å². The Kier molecular flexibility index (Phi) is 5.78. The van der Waals surface area contributed by atoms with Crippen LogP contribution in [-0.2, 0) is 11.3 Å². The van der Waals surface area contributed by atoms with E-state index in [1.54, 1.807) is 6.20 Å². The molecule has 0 aliphatic carbocycles. The van der Waals surface area contributed by atoms with E-state index in [2.05, 4.69) is 36.7 Å². The maximum Gasteiger partial charge on any atom is 0.303 e. The highest BCUT2D eigenvalue weighted by Crippen LogP contribution is 2.11. The van der Waals surface area contributed by atoms with Crippen LogP contribution in [0.15, 0.2) is 18.3 Å². The molecule has 1 aromatic heterocycles. The van der Waals surface area contributed by atoms with Gasteiger partial charge in [-0.1, -0.05) is 6.07 Å². The van der Waals surface area contributed by atoms with Gasteiger partial charge in [0.25, 0.3) is 0 Å². The van der Waals surface area contributed by atoms with Gasteiger partial charge in [-0.3, -0.25) is 14.7 Å². The predicted octanol–water partition coefficient (Wildman–Crippen LogP) is 2.47. The average Bonchev–Trinajstić information content (AvgIpc) is 2.29. The maximum atomic E-state index is 10.5. The first kappa shape index (κ1) is 14.6. The van der Waals surface area contributed by atoms with Crippen LogP contribution in [0.2, 0.25) is 0 Å². The third kappa shape index (κ3) is 4.84. The lowest BCUT2D eigenvalue weighted by molar-refractivity contribution is -0.137. The number of aryl methyl sites for hydroxylation is 1. The zero-order valence-electron chi connectivity index (χ0n) is 11.4. The van der Waals surface area contributed by atoms with E-state index in [4.69, 9.17) is 5.11 Å². The Morgan fingerprint density at radius 1 is 1.50 bits per heavy atom. The Morgan fingerprint density at radius 2 is 2.22 bits per heavy atom. The summed E-state index contributed by atoms with van der Waals surface area (Å²) in [6.45, 7) is 7.88. The molecule has 0 aromatic carbocycles. The molecule has 0 bridgehead atoms. The molecule has 4 nitrogen and oxygen atoms in total. The van der Waals surface area contributed by atoms with E-state index in [0.29, 0.717) is 12.5 Å². The van der Waals surface area contributed by atoms with Gasteiger partial charge in [-0.15, -0.1) is 0 Å². The Hall–Kier alpha value is -1.42. The Balaban J connectivity index is 2.58. The number of nitrogens with zero attached hydrogens (tertiary/aromatic N) is 2. The summed E-state index contributed by atoms with van der Waals surface area (Å²) in [5.74, 6) is -0.729. The molecule has 0 unspecified atom stereocenters. The molecule has 0 amide bonds. The van der Waals surface area contributed by atoms with Gasteiger partial charge in [-0.25, -0.2) is 0 Å². The molecule has 100 valence electrons. The minimum atomic E-state index is -0.729. The summed E-state index contributed by atoms with van der Waals surface area (Å²) >= 11 is 0. The van der Waals surface area contributed by atoms with Crippen molar-refractivity contribution < 1.29 is 9.90 Å². The van der Waals surface area contributed by atoms with E-state index in [1.807, 2.05) is 6.07 Å². The summed E-state index contributed by atoms with van der Waals surface area (Å²) in [5.41, 5.74) is 2.25. The first-order valence-electron chi connectivity index (χ1n) is 6.37. The van der Waals surface area contributed by atoms with E-state index in [1.165, 1.54) is 5.56 Å². The van der Waals surface area contributed by atoms with Crippen molar-refractivity contribution in [2.45, 2.75) is 46.2 Å². The standard InChI is InChI=1S/C14H22N2O2/c1-11(2)16(9-5-7-14(17)18)10-13-12(3)6-4-8-15-13/h4,6,8,11H,5,7,9-10H2,1-3H3,(H,17,18). The van der Waals surface area contributed by atoms with Gasteiger partial charge in [-0.05, 0) is 45.4 Å². The highest BCUT2D eigenvalue weighted by molar-refractivity contribution is 5.66. The van der Waals surface area contributed by atoms with Crippen LogP contribution in [0.1, 0.15) is 37.9 Å². The first-order valence-corrected chi connectivity index (χ1v) is 6.37. The van der Waals surface area contributed by atoms with E-state index < -0.39 is 5.97 Å². The molecule has 1 N–H and O–H groups in total. The lowest BCUT2D eigenvalue weighted by Crippen LogP contribution is -2.32. The van der Waals surface area contributed by atoms with Crippen molar-refractivity contribution in [2.24, 2.45) is 0 Å². The van der Waals surface area contributed by atoms with Gasteiger partial charge in [0.1, 0.15) is 0 Å². The third-order valence-electron chi connectivity index (χ3n) is 3.04. The van der Waals surface area contributed by atoms with Crippen LogP contribution < -0.4 is 0 Å². The summed E-state index contributed by atoms with van der Waals surface area (Å²) in [6, 6.07) is 4.38. The molecule has 0 spiro atoms. The van der Waals surface area contributed by atoms with Gasteiger partial charge in [0, 0.05) is 25.2 Å². The normalized spacial score (nSPS) is 11.2. The van der Waals surface area contributed by atoms with Crippen molar-refractivity contribution in [2.75, 3.05) is 6.54 Å².